The maximum absolute atomic E-state index is 5.52. The maximum Gasteiger partial charge on any atom is 0.0509 e. The lowest BCUT2D eigenvalue weighted by molar-refractivity contribution is 0.0284. The van der Waals surface area contributed by atoms with Crippen LogP contribution in [0.5, 0.6) is 0 Å². The third kappa shape index (κ3) is 3.65. The summed E-state index contributed by atoms with van der Waals surface area (Å²) in [7, 11) is 0. The molecule has 13 heavy (non-hydrogen) atoms. The lowest BCUT2D eigenvalue weighted by atomic mass is 9.91. The van der Waals surface area contributed by atoms with Gasteiger partial charge in [-0.15, -0.1) is 0 Å². The number of rotatable bonds is 5. The molecule has 2 atom stereocenters. The maximum atomic E-state index is 5.52. The van der Waals surface area contributed by atoms with Crippen molar-refractivity contribution in [3.8, 4) is 0 Å². The molecule has 0 aromatic heterocycles. The Hall–Kier alpha value is -0.0800. The molecule has 1 aliphatic rings. The topological polar surface area (TPSA) is 21.3 Å². The van der Waals surface area contributed by atoms with Crippen molar-refractivity contribution in [2.24, 2.45) is 5.92 Å². The van der Waals surface area contributed by atoms with Gasteiger partial charge in [0.05, 0.1) is 6.61 Å². The third-order valence-electron chi connectivity index (χ3n) is 2.87. The molecule has 1 saturated heterocycles. The van der Waals surface area contributed by atoms with Crippen molar-refractivity contribution >= 4 is 0 Å². The molecule has 2 heteroatoms. The number of ether oxygens (including phenoxy) is 1. The van der Waals surface area contributed by atoms with Crippen molar-refractivity contribution in [1.82, 2.24) is 5.32 Å². The van der Waals surface area contributed by atoms with Crippen LogP contribution in [0.1, 0.15) is 39.5 Å². The molecule has 0 saturated carbocycles. The van der Waals surface area contributed by atoms with Crippen molar-refractivity contribution in [3.63, 3.8) is 0 Å². The fourth-order valence-electron chi connectivity index (χ4n) is 2.08. The zero-order valence-electron chi connectivity index (χ0n) is 9.01. The van der Waals surface area contributed by atoms with Gasteiger partial charge in [0, 0.05) is 12.6 Å². The van der Waals surface area contributed by atoms with Gasteiger partial charge in [-0.3, -0.25) is 0 Å². The quantitative estimate of drug-likeness (QED) is 0.709. The first-order valence-corrected chi connectivity index (χ1v) is 5.69. The van der Waals surface area contributed by atoms with Crippen LogP contribution in [0.4, 0.5) is 0 Å². The monoisotopic (exact) mass is 185 g/mol. The molecule has 0 radical (unpaired) electrons. The molecule has 0 amide bonds. The van der Waals surface area contributed by atoms with Crippen LogP contribution < -0.4 is 5.32 Å². The van der Waals surface area contributed by atoms with Crippen molar-refractivity contribution < 1.29 is 4.74 Å². The molecular formula is C11H23NO. The Morgan fingerprint density at radius 3 is 2.92 bits per heavy atom. The fourth-order valence-corrected chi connectivity index (χ4v) is 2.08. The van der Waals surface area contributed by atoms with Gasteiger partial charge in [0.2, 0.25) is 0 Å². The average molecular weight is 185 g/mol. The summed E-state index contributed by atoms with van der Waals surface area (Å²) in [6, 6.07) is 0.713. The Balaban J connectivity index is 2.28. The Kier molecular flexibility index (Phi) is 5.40. The highest BCUT2D eigenvalue weighted by atomic mass is 16.5. The molecule has 1 rings (SSSR count). The molecule has 1 aliphatic heterocycles. The van der Waals surface area contributed by atoms with E-state index in [1.807, 2.05) is 0 Å². The van der Waals surface area contributed by atoms with Gasteiger partial charge in [-0.2, -0.15) is 0 Å². The van der Waals surface area contributed by atoms with E-state index in [4.69, 9.17) is 4.74 Å². The third-order valence-corrected chi connectivity index (χ3v) is 2.87. The molecule has 1 fully saturated rings. The van der Waals surface area contributed by atoms with E-state index in [2.05, 4.69) is 19.2 Å². The minimum Gasteiger partial charge on any atom is -0.381 e. The predicted molar refractivity (Wildman–Crippen MR) is 55.9 cm³/mol. The lowest BCUT2D eigenvalue weighted by Crippen LogP contribution is -2.42. The van der Waals surface area contributed by atoms with E-state index in [1.54, 1.807) is 0 Å². The van der Waals surface area contributed by atoms with Crippen LogP contribution in [-0.2, 0) is 4.74 Å². The Morgan fingerprint density at radius 1 is 1.38 bits per heavy atom. The summed E-state index contributed by atoms with van der Waals surface area (Å²) in [6.07, 6.45) is 5.17. The molecule has 2 unspecified atom stereocenters. The smallest absolute Gasteiger partial charge is 0.0509 e. The highest BCUT2D eigenvalue weighted by Crippen LogP contribution is 2.20. The van der Waals surface area contributed by atoms with Gasteiger partial charge in [-0.1, -0.05) is 26.7 Å². The van der Waals surface area contributed by atoms with Gasteiger partial charge in [0.25, 0.3) is 0 Å². The van der Waals surface area contributed by atoms with Crippen molar-refractivity contribution in [2.45, 2.75) is 45.6 Å². The molecular weight excluding hydrogens is 162 g/mol. The van der Waals surface area contributed by atoms with Gasteiger partial charge in [0.1, 0.15) is 0 Å². The minimum atomic E-state index is 0.713. The Morgan fingerprint density at radius 2 is 2.23 bits per heavy atom. The zero-order chi connectivity index (χ0) is 9.52. The first-order valence-electron chi connectivity index (χ1n) is 5.69. The largest absolute Gasteiger partial charge is 0.381 e. The summed E-state index contributed by atoms with van der Waals surface area (Å²) < 4.78 is 5.52. The highest BCUT2D eigenvalue weighted by molar-refractivity contribution is 4.78. The van der Waals surface area contributed by atoms with Gasteiger partial charge in [-0.05, 0) is 25.3 Å². The molecule has 0 aliphatic carbocycles. The summed E-state index contributed by atoms with van der Waals surface area (Å²) in [5, 5.41) is 3.56. The van der Waals surface area contributed by atoms with Crippen LogP contribution in [0.25, 0.3) is 0 Å². The first-order chi connectivity index (χ1) is 6.38. The normalized spacial score (nSPS) is 29.1. The number of unbranched alkanes of at least 4 members (excludes halogenated alkanes) is 1. The SMILES string of the molecule is CCCCC1COCCC1NCC. The molecule has 0 spiro atoms. The van der Waals surface area contributed by atoms with Gasteiger partial charge in [-0.25, -0.2) is 0 Å². The summed E-state index contributed by atoms with van der Waals surface area (Å²) in [6.45, 7) is 7.45. The fraction of sp³-hybridized carbons (Fsp3) is 1.00. The van der Waals surface area contributed by atoms with Crippen LogP contribution in [-0.4, -0.2) is 25.8 Å². The molecule has 1 heterocycles. The van der Waals surface area contributed by atoms with E-state index < -0.39 is 0 Å². The highest BCUT2D eigenvalue weighted by Gasteiger charge is 2.23. The minimum absolute atomic E-state index is 0.713. The van der Waals surface area contributed by atoms with Crippen LogP contribution in [0.3, 0.4) is 0 Å². The van der Waals surface area contributed by atoms with Gasteiger partial charge in [0.15, 0.2) is 0 Å². The van der Waals surface area contributed by atoms with Crippen molar-refractivity contribution in [3.05, 3.63) is 0 Å². The zero-order valence-corrected chi connectivity index (χ0v) is 9.01. The summed E-state index contributed by atoms with van der Waals surface area (Å²) in [4.78, 5) is 0. The summed E-state index contributed by atoms with van der Waals surface area (Å²) in [5.74, 6) is 0.758. The molecule has 0 aromatic carbocycles. The number of nitrogens with one attached hydrogen (secondary N) is 1. The second-order valence-corrected chi connectivity index (χ2v) is 3.93. The van der Waals surface area contributed by atoms with E-state index in [0.29, 0.717) is 6.04 Å². The second-order valence-electron chi connectivity index (χ2n) is 3.93. The summed E-state index contributed by atoms with van der Waals surface area (Å²) in [5.41, 5.74) is 0. The lowest BCUT2D eigenvalue weighted by Gasteiger charge is -2.32. The van der Waals surface area contributed by atoms with E-state index >= 15 is 0 Å². The molecule has 78 valence electrons. The van der Waals surface area contributed by atoms with Crippen molar-refractivity contribution in [1.29, 1.82) is 0 Å². The second kappa shape index (κ2) is 6.39. The van der Waals surface area contributed by atoms with Crippen LogP contribution >= 0.6 is 0 Å². The van der Waals surface area contributed by atoms with E-state index in [1.165, 1.54) is 25.7 Å². The molecule has 0 bridgehead atoms. The van der Waals surface area contributed by atoms with E-state index in [0.717, 1.165) is 25.7 Å². The Labute approximate surface area is 82.0 Å². The van der Waals surface area contributed by atoms with Gasteiger partial charge >= 0.3 is 0 Å². The predicted octanol–water partition coefficient (Wildman–Crippen LogP) is 2.19. The average Bonchev–Trinajstić information content (AvgIpc) is 2.17. The van der Waals surface area contributed by atoms with E-state index in [-0.39, 0.29) is 0 Å². The number of hydrogen-bond acceptors (Lipinski definition) is 2. The van der Waals surface area contributed by atoms with Crippen molar-refractivity contribution in [2.75, 3.05) is 19.8 Å². The standard InChI is InChI=1S/C11H23NO/c1-3-5-6-10-9-13-8-7-11(10)12-4-2/h10-12H,3-9H2,1-2H3. The van der Waals surface area contributed by atoms with E-state index in [9.17, 15) is 0 Å². The molecule has 0 aromatic rings. The van der Waals surface area contributed by atoms with Crippen LogP contribution in [0, 0.1) is 5.92 Å². The van der Waals surface area contributed by atoms with Gasteiger partial charge < -0.3 is 10.1 Å². The molecule has 2 nitrogen and oxygen atoms in total. The summed E-state index contributed by atoms with van der Waals surface area (Å²) >= 11 is 0. The molecule has 1 N–H and O–H groups in total. The first kappa shape index (κ1) is 11.0. The van der Waals surface area contributed by atoms with Crippen LogP contribution in [0.2, 0.25) is 0 Å². The van der Waals surface area contributed by atoms with Crippen LogP contribution in [0.15, 0.2) is 0 Å². The number of hydrogen-bond donors (Lipinski definition) is 1. The Bertz CT molecular complexity index is 125.